The number of carbonyl (C=O) groups excluding carboxylic acids is 1. The van der Waals surface area contributed by atoms with Crippen LogP contribution < -0.4 is 5.73 Å². The molecular weight excluding hydrogens is 424 g/mol. The second-order valence-corrected chi connectivity index (χ2v) is 9.94. The lowest BCUT2D eigenvalue weighted by atomic mass is 9.82. The first-order chi connectivity index (χ1) is 15.4. The van der Waals surface area contributed by atoms with Gasteiger partial charge in [-0.25, -0.2) is 4.79 Å². The molecule has 9 nitrogen and oxygen atoms in total. The van der Waals surface area contributed by atoms with Crippen molar-refractivity contribution in [1.29, 1.82) is 0 Å². The Kier molecular flexibility index (Phi) is 8.57. The van der Waals surface area contributed by atoms with E-state index in [9.17, 15) is 14.7 Å². The number of nitrogens with zero attached hydrogens (tertiary/aromatic N) is 3. The van der Waals surface area contributed by atoms with E-state index < -0.39 is 17.6 Å². The molecule has 0 spiro atoms. The predicted molar refractivity (Wildman–Crippen MR) is 127 cm³/mol. The van der Waals surface area contributed by atoms with Crippen LogP contribution in [0, 0.1) is 11.8 Å². The second-order valence-electron chi connectivity index (χ2n) is 9.94. The predicted octanol–water partition coefficient (Wildman–Crippen LogP) is 3.91. The van der Waals surface area contributed by atoms with Crippen molar-refractivity contribution in [2.24, 2.45) is 22.7 Å². The van der Waals surface area contributed by atoms with Gasteiger partial charge in [-0.2, -0.15) is 0 Å². The number of ether oxygens (including phenoxy) is 1. The van der Waals surface area contributed by atoms with Crippen LogP contribution >= 0.6 is 0 Å². The van der Waals surface area contributed by atoms with Crippen molar-refractivity contribution < 1.29 is 24.6 Å². The van der Waals surface area contributed by atoms with Gasteiger partial charge in [-0.05, 0) is 38.7 Å². The summed E-state index contributed by atoms with van der Waals surface area (Å²) in [5, 5.41) is 22.1. The molecule has 0 saturated carbocycles. The van der Waals surface area contributed by atoms with E-state index in [-0.39, 0.29) is 30.5 Å². The van der Waals surface area contributed by atoms with Crippen LogP contribution in [0.4, 0.5) is 4.79 Å². The highest BCUT2D eigenvalue weighted by Crippen LogP contribution is 2.39. The van der Waals surface area contributed by atoms with Crippen LogP contribution in [0.3, 0.4) is 0 Å². The van der Waals surface area contributed by atoms with E-state index in [1.54, 1.807) is 6.08 Å². The minimum absolute atomic E-state index is 0.121. The third-order valence-electron chi connectivity index (χ3n) is 5.64. The summed E-state index contributed by atoms with van der Waals surface area (Å²) in [4.78, 5) is 28.2. The number of fused-ring (bicyclic) bond motifs is 1. The van der Waals surface area contributed by atoms with Crippen molar-refractivity contribution in [2.45, 2.75) is 66.3 Å². The standard InChI is InChI=1S/C24H38N4O5/c1-7-8-9-33-21-17-11-18(22(25)26-32)20(29)10-16(17)13-27(12-15(2)3)19(21)14-28(23(30)31)24(4,5)6/h11,13,15,18,32H,7-10,12,14H2,1-6H3,(H2,25,26)(H,30,31). The molecule has 0 aromatic rings. The number of rotatable bonds is 9. The number of hydrogen-bond acceptors (Lipinski definition) is 6. The smallest absolute Gasteiger partial charge is 0.408 e. The van der Waals surface area contributed by atoms with Crippen LogP contribution in [0.5, 0.6) is 0 Å². The number of allylic oxidation sites excluding steroid dienone is 1. The van der Waals surface area contributed by atoms with Crippen molar-refractivity contribution in [2.75, 3.05) is 19.7 Å². The van der Waals surface area contributed by atoms with E-state index in [1.807, 2.05) is 31.9 Å². The molecule has 1 amide bonds. The fourth-order valence-electron chi connectivity index (χ4n) is 3.90. The number of ketones is 1. The normalized spacial score (nSPS) is 19.4. The first kappa shape index (κ1) is 26.3. The number of hydrogen-bond donors (Lipinski definition) is 3. The molecule has 0 aromatic heterocycles. The summed E-state index contributed by atoms with van der Waals surface area (Å²) >= 11 is 0. The lowest BCUT2D eigenvalue weighted by Crippen LogP contribution is -2.48. The van der Waals surface area contributed by atoms with Crippen LogP contribution in [-0.2, 0) is 9.53 Å². The summed E-state index contributed by atoms with van der Waals surface area (Å²) in [6, 6.07) is 0. The maximum atomic E-state index is 12.7. The zero-order chi connectivity index (χ0) is 24.9. The maximum absolute atomic E-state index is 12.7. The Hall–Kier alpha value is -2.97. The Morgan fingerprint density at radius 3 is 2.58 bits per heavy atom. The summed E-state index contributed by atoms with van der Waals surface area (Å²) in [5.41, 5.74) is 7.38. The molecule has 2 rings (SSSR count). The number of carboxylic acid groups (broad SMARTS) is 1. The molecule has 184 valence electrons. The summed E-state index contributed by atoms with van der Waals surface area (Å²) in [6.07, 6.45) is 4.45. The van der Waals surface area contributed by atoms with Gasteiger partial charge in [0.2, 0.25) is 0 Å². The molecule has 2 aliphatic rings. The lowest BCUT2D eigenvalue weighted by molar-refractivity contribution is -0.119. The van der Waals surface area contributed by atoms with Gasteiger partial charge in [-0.1, -0.05) is 38.4 Å². The number of nitrogens with two attached hydrogens (primary N) is 1. The summed E-state index contributed by atoms with van der Waals surface area (Å²) < 4.78 is 6.26. The number of carbonyl (C=O) groups is 2. The molecule has 33 heavy (non-hydrogen) atoms. The van der Waals surface area contributed by atoms with E-state index >= 15 is 0 Å². The highest BCUT2D eigenvalue weighted by atomic mass is 16.5. The molecule has 1 heterocycles. The molecule has 1 aliphatic heterocycles. The SMILES string of the molecule is CCCCOC1=C(CN(C(=O)O)C(C)(C)C)N(CC(C)C)C=C2CC(=O)C(C(N)=NO)C=C21. The Morgan fingerprint density at radius 1 is 1.39 bits per heavy atom. The summed E-state index contributed by atoms with van der Waals surface area (Å²) in [5.74, 6) is -0.352. The average molecular weight is 463 g/mol. The van der Waals surface area contributed by atoms with E-state index in [0.717, 1.165) is 24.1 Å². The van der Waals surface area contributed by atoms with Gasteiger partial charge in [0.15, 0.2) is 11.6 Å². The third-order valence-corrected chi connectivity index (χ3v) is 5.64. The zero-order valence-electron chi connectivity index (χ0n) is 20.6. The van der Waals surface area contributed by atoms with Crippen LogP contribution in [0.1, 0.15) is 60.8 Å². The first-order valence-electron chi connectivity index (χ1n) is 11.5. The topological polar surface area (TPSA) is 129 Å². The van der Waals surface area contributed by atoms with Gasteiger partial charge < -0.3 is 25.7 Å². The molecule has 0 saturated heterocycles. The minimum Gasteiger partial charge on any atom is -0.491 e. The average Bonchev–Trinajstić information content (AvgIpc) is 2.70. The number of unbranched alkanes of at least 4 members (excludes halogenated alkanes) is 1. The van der Waals surface area contributed by atoms with Gasteiger partial charge in [-0.15, -0.1) is 0 Å². The van der Waals surface area contributed by atoms with Gasteiger partial charge in [0.25, 0.3) is 0 Å². The van der Waals surface area contributed by atoms with E-state index in [1.165, 1.54) is 4.90 Å². The van der Waals surface area contributed by atoms with Crippen LogP contribution in [0.25, 0.3) is 0 Å². The van der Waals surface area contributed by atoms with Crippen molar-refractivity contribution >= 4 is 17.7 Å². The summed E-state index contributed by atoms with van der Waals surface area (Å²) in [6.45, 7) is 13.0. The minimum atomic E-state index is -1.02. The molecule has 0 fully saturated rings. The molecule has 0 radical (unpaired) electrons. The molecule has 1 aliphatic carbocycles. The second kappa shape index (κ2) is 10.8. The fourth-order valence-corrected chi connectivity index (χ4v) is 3.90. The van der Waals surface area contributed by atoms with Crippen molar-refractivity contribution in [1.82, 2.24) is 9.80 Å². The molecule has 9 heteroatoms. The molecule has 1 unspecified atom stereocenters. The van der Waals surface area contributed by atoms with Gasteiger partial charge in [-0.3, -0.25) is 9.69 Å². The number of oxime groups is 1. The van der Waals surface area contributed by atoms with E-state index in [2.05, 4.69) is 25.9 Å². The van der Waals surface area contributed by atoms with E-state index in [4.69, 9.17) is 15.7 Å². The largest absolute Gasteiger partial charge is 0.491 e. The van der Waals surface area contributed by atoms with Gasteiger partial charge in [0.05, 0.1) is 24.8 Å². The van der Waals surface area contributed by atoms with E-state index in [0.29, 0.717) is 24.5 Å². The Labute approximate surface area is 196 Å². The number of Topliss-reactive ketones (excluding diaryl/α,β-unsaturated/α-hetero) is 1. The van der Waals surface area contributed by atoms with Gasteiger partial charge >= 0.3 is 6.09 Å². The molecule has 1 atom stereocenters. The molecule has 0 aromatic carbocycles. The fraction of sp³-hybridized carbons (Fsp3) is 0.625. The van der Waals surface area contributed by atoms with Crippen LogP contribution in [0.15, 0.2) is 40.0 Å². The number of amides is 1. The molecule has 4 N–H and O–H groups in total. The van der Waals surface area contributed by atoms with Crippen LogP contribution in [0.2, 0.25) is 0 Å². The summed E-state index contributed by atoms with van der Waals surface area (Å²) in [7, 11) is 0. The Balaban J connectivity index is 2.69. The number of amidine groups is 1. The van der Waals surface area contributed by atoms with Gasteiger partial charge in [0, 0.05) is 30.3 Å². The Morgan fingerprint density at radius 2 is 2.06 bits per heavy atom. The zero-order valence-corrected chi connectivity index (χ0v) is 20.6. The van der Waals surface area contributed by atoms with Crippen molar-refractivity contribution in [3.63, 3.8) is 0 Å². The third kappa shape index (κ3) is 6.30. The molecule has 0 bridgehead atoms. The monoisotopic (exact) mass is 462 g/mol. The van der Waals surface area contributed by atoms with Gasteiger partial charge in [0.1, 0.15) is 5.76 Å². The lowest BCUT2D eigenvalue weighted by Gasteiger charge is -2.40. The highest BCUT2D eigenvalue weighted by molar-refractivity contribution is 6.07. The van der Waals surface area contributed by atoms with Crippen molar-refractivity contribution in [3.05, 3.63) is 34.9 Å². The van der Waals surface area contributed by atoms with Crippen LogP contribution in [-0.4, -0.2) is 63.1 Å². The quantitative estimate of drug-likeness (QED) is 0.156. The Bertz CT molecular complexity index is 880. The highest BCUT2D eigenvalue weighted by Gasteiger charge is 2.37. The first-order valence-corrected chi connectivity index (χ1v) is 11.5. The molecular formula is C24H38N4O5. The van der Waals surface area contributed by atoms with Crippen molar-refractivity contribution in [3.8, 4) is 0 Å². The maximum Gasteiger partial charge on any atom is 0.408 e.